The number of hydrogen-bond acceptors (Lipinski definition) is 6. The van der Waals surface area contributed by atoms with E-state index in [1.165, 1.54) is 0 Å². The second-order valence-electron chi connectivity index (χ2n) is 4.69. The molecule has 0 fully saturated rings. The summed E-state index contributed by atoms with van der Waals surface area (Å²) in [5.41, 5.74) is 7.81. The Morgan fingerprint density at radius 3 is 3.05 bits per heavy atom. The molecule has 1 aromatic heterocycles. The van der Waals surface area contributed by atoms with Gasteiger partial charge in [-0.05, 0) is 17.7 Å². The first-order valence-corrected chi connectivity index (χ1v) is 6.28. The molecule has 4 rings (SSSR count). The molecule has 7 nitrogen and oxygen atoms in total. The highest BCUT2D eigenvalue weighted by Crippen LogP contribution is 2.43. The lowest BCUT2D eigenvalue weighted by Crippen LogP contribution is -2.20. The highest BCUT2D eigenvalue weighted by Gasteiger charge is 2.33. The maximum absolute atomic E-state index is 9.40. The van der Waals surface area contributed by atoms with Gasteiger partial charge in [0.15, 0.2) is 11.5 Å². The Morgan fingerprint density at radius 2 is 2.19 bits per heavy atom. The standard InChI is InChI=1S/C14H10N4O3/c15-4-8-12(9-5-17-18-14(9)21-13(8)16)7-1-2-10-11(3-7)20-6-19-10/h1-3,5,12H,6,16H2,(H,17,18). The first-order valence-electron chi connectivity index (χ1n) is 6.28. The van der Waals surface area contributed by atoms with Gasteiger partial charge < -0.3 is 19.9 Å². The topological polar surface area (TPSA) is 106 Å². The van der Waals surface area contributed by atoms with Gasteiger partial charge in [0.05, 0.1) is 12.1 Å². The molecule has 0 radical (unpaired) electrons. The summed E-state index contributed by atoms with van der Waals surface area (Å²) in [6.07, 6.45) is 1.63. The fourth-order valence-electron chi connectivity index (χ4n) is 2.59. The number of nitriles is 1. The van der Waals surface area contributed by atoms with Crippen LogP contribution in [0.4, 0.5) is 0 Å². The van der Waals surface area contributed by atoms with Gasteiger partial charge in [-0.2, -0.15) is 10.4 Å². The minimum absolute atomic E-state index is 0.0805. The molecule has 2 aliphatic rings. The number of fused-ring (bicyclic) bond motifs is 2. The maximum atomic E-state index is 9.40. The third-order valence-corrected chi connectivity index (χ3v) is 3.56. The zero-order valence-electron chi connectivity index (χ0n) is 10.8. The van der Waals surface area contributed by atoms with E-state index in [-0.39, 0.29) is 18.6 Å². The molecule has 7 heteroatoms. The third-order valence-electron chi connectivity index (χ3n) is 3.56. The zero-order valence-corrected chi connectivity index (χ0v) is 10.8. The lowest BCUT2D eigenvalue weighted by atomic mass is 9.85. The van der Waals surface area contributed by atoms with Crippen LogP contribution in [0.25, 0.3) is 0 Å². The lowest BCUT2D eigenvalue weighted by molar-refractivity contribution is 0.174. The van der Waals surface area contributed by atoms with E-state index in [0.717, 1.165) is 11.1 Å². The monoisotopic (exact) mass is 282 g/mol. The number of nitrogens with one attached hydrogen (secondary N) is 1. The van der Waals surface area contributed by atoms with Crippen LogP contribution in [-0.2, 0) is 0 Å². The number of aromatic amines is 1. The van der Waals surface area contributed by atoms with Crippen LogP contribution in [0, 0.1) is 11.3 Å². The Balaban J connectivity index is 1.89. The summed E-state index contributed by atoms with van der Waals surface area (Å²) in [5.74, 6) is 1.53. The van der Waals surface area contributed by atoms with Gasteiger partial charge >= 0.3 is 0 Å². The molecule has 0 saturated heterocycles. The van der Waals surface area contributed by atoms with Crippen LogP contribution in [0.3, 0.4) is 0 Å². The highest BCUT2D eigenvalue weighted by molar-refractivity contribution is 5.56. The molecule has 104 valence electrons. The molecule has 0 bridgehead atoms. The van der Waals surface area contributed by atoms with Crippen molar-refractivity contribution in [1.82, 2.24) is 10.2 Å². The Kier molecular flexibility index (Phi) is 2.32. The summed E-state index contributed by atoms with van der Waals surface area (Å²) in [7, 11) is 0. The van der Waals surface area contributed by atoms with Gasteiger partial charge in [-0.3, -0.25) is 0 Å². The molecule has 3 N–H and O–H groups in total. The molecule has 1 unspecified atom stereocenters. The first-order chi connectivity index (χ1) is 10.3. The van der Waals surface area contributed by atoms with E-state index in [2.05, 4.69) is 16.3 Å². The number of allylic oxidation sites excluding steroid dienone is 1. The van der Waals surface area contributed by atoms with Crippen molar-refractivity contribution in [3.8, 4) is 23.4 Å². The van der Waals surface area contributed by atoms with Crippen molar-refractivity contribution in [2.75, 3.05) is 6.79 Å². The van der Waals surface area contributed by atoms with E-state index in [9.17, 15) is 5.26 Å². The second kappa shape index (κ2) is 4.18. The summed E-state index contributed by atoms with van der Waals surface area (Å²) in [5, 5.41) is 16.1. The Labute approximate surface area is 119 Å². The van der Waals surface area contributed by atoms with Crippen LogP contribution in [0.2, 0.25) is 0 Å². The van der Waals surface area contributed by atoms with E-state index in [4.69, 9.17) is 19.9 Å². The van der Waals surface area contributed by atoms with Gasteiger partial charge in [0, 0.05) is 5.56 Å². The minimum atomic E-state index is -0.341. The van der Waals surface area contributed by atoms with E-state index in [1.807, 2.05) is 18.2 Å². The number of rotatable bonds is 1. The number of aromatic nitrogens is 2. The average Bonchev–Trinajstić information content (AvgIpc) is 3.13. The van der Waals surface area contributed by atoms with E-state index in [0.29, 0.717) is 23.0 Å². The third kappa shape index (κ3) is 1.63. The molecule has 0 saturated carbocycles. The summed E-state index contributed by atoms with van der Waals surface area (Å²) in [6, 6.07) is 7.66. The minimum Gasteiger partial charge on any atom is -0.454 e. The lowest BCUT2D eigenvalue weighted by Gasteiger charge is -2.23. The second-order valence-corrected chi connectivity index (χ2v) is 4.69. The molecule has 2 aromatic rings. The summed E-state index contributed by atoms with van der Waals surface area (Å²) >= 11 is 0. The van der Waals surface area contributed by atoms with E-state index >= 15 is 0 Å². The number of benzene rings is 1. The molecular formula is C14H10N4O3. The first kappa shape index (κ1) is 11.7. The average molecular weight is 282 g/mol. The van der Waals surface area contributed by atoms with Crippen molar-refractivity contribution >= 4 is 0 Å². The number of ether oxygens (including phenoxy) is 3. The Bertz CT molecular complexity index is 803. The Hall–Kier alpha value is -3.14. The molecule has 21 heavy (non-hydrogen) atoms. The smallest absolute Gasteiger partial charge is 0.231 e. The van der Waals surface area contributed by atoms with Gasteiger partial charge in [0.25, 0.3) is 0 Å². The fourth-order valence-corrected chi connectivity index (χ4v) is 2.59. The summed E-state index contributed by atoms with van der Waals surface area (Å²) in [4.78, 5) is 0. The van der Waals surface area contributed by atoms with E-state index < -0.39 is 0 Å². The fraction of sp³-hybridized carbons (Fsp3) is 0.143. The quantitative estimate of drug-likeness (QED) is 0.817. The molecule has 2 aliphatic heterocycles. The molecule has 1 aromatic carbocycles. The predicted octanol–water partition coefficient (Wildman–Crippen LogP) is 1.36. The van der Waals surface area contributed by atoms with Crippen molar-refractivity contribution in [1.29, 1.82) is 5.26 Å². The molecule has 0 spiro atoms. The molecule has 1 atom stereocenters. The number of nitrogens with zero attached hydrogens (tertiary/aromatic N) is 2. The van der Waals surface area contributed by atoms with Gasteiger partial charge in [-0.1, -0.05) is 6.07 Å². The maximum Gasteiger partial charge on any atom is 0.231 e. The van der Waals surface area contributed by atoms with Crippen LogP contribution in [0.5, 0.6) is 17.4 Å². The van der Waals surface area contributed by atoms with Gasteiger partial charge in [0.2, 0.25) is 18.6 Å². The normalized spacial score (nSPS) is 18.9. The number of H-pyrrole nitrogens is 1. The van der Waals surface area contributed by atoms with Crippen LogP contribution in [0.1, 0.15) is 17.0 Å². The van der Waals surface area contributed by atoms with Gasteiger partial charge in [-0.25, -0.2) is 5.10 Å². The largest absolute Gasteiger partial charge is 0.454 e. The van der Waals surface area contributed by atoms with Crippen molar-refractivity contribution in [3.05, 3.63) is 47.0 Å². The van der Waals surface area contributed by atoms with Crippen LogP contribution < -0.4 is 19.9 Å². The van der Waals surface area contributed by atoms with Crippen molar-refractivity contribution in [3.63, 3.8) is 0 Å². The van der Waals surface area contributed by atoms with Crippen molar-refractivity contribution < 1.29 is 14.2 Å². The van der Waals surface area contributed by atoms with Crippen molar-refractivity contribution in [2.24, 2.45) is 5.73 Å². The number of nitrogens with two attached hydrogens (primary N) is 1. The number of hydrogen-bond donors (Lipinski definition) is 2. The van der Waals surface area contributed by atoms with Gasteiger partial charge in [0.1, 0.15) is 11.6 Å². The van der Waals surface area contributed by atoms with Crippen LogP contribution >= 0.6 is 0 Å². The SMILES string of the molecule is N#CC1=C(N)Oc2[nH]ncc2C1c1ccc2c(c1)OCO2. The van der Waals surface area contributed by atoms with Crippen molar-refractivity contribution in [2.45, 2.75) is 5.92 Å². The van der Waals surface area contributed by atoms with E-state index in [1.54, 1.807) is 6.20 Å². The van der Waals surface area contributed by atoms with Crippen LogP contribution in [-0.4, -0.2) is 17.0 Å². The highest BCUT2D eigenvalue weighted by atomic mass is 16.7. The molecule has 3 heterocycles. The summed E-state index contributed by atoms with van der Waals surface area (Å²) < 4.78 is 16.1. The molecule has 0 amide bonds. The zero-order chi connectivity index (χ0) is 14.4. The van der Waals surface area contributed by atoms with Gasteiger partial charge in [-0.15, -0.1) is 0 Å². The molecular weight excluding hydrogens is 272 g/mol. The molecule has 0 aliphatic carbocycles. The summed E-state index contributed by atoms with van der Waals surface area (Å²) in [6.45, 7) is 0.201. The van der Waals surface area contributed by atoms with Crippen LogP contribution in [0.15, 0.2) is 35.9 Å². The Morgan fingerprint density at radius 1 is 1.33 bits per heavy atom. The predicted molar refractivity (Wildman–Crippen MR) is 70.5 cm³/mol.